The second-order valence-corrected chi connectivity index (χ2v) is 9.19. The van der Waals surface area contributed by atoms with Crippen LogP contribution in [0.2, 0.25) is 0 Å². The molecule has 1 N–H and O–H groups in total. The minimum Gasteiger partial charge on any atom is -0.370 e. The summed E-state index contributed by atoms with van der Waals surface area (Å²) in [5.74, 6) is 1.28. The molecule has 2 heterocycles. The van der Waals surface area contributed by atoms with Gasteiger partial charge in [-0.15, -0.1) is 0 Å². The van der Waals surface area contributed by atoms with E-state index in [1.54, 1.807) is 22.6 Å². The van der Waals surface area contributed by atoms with Crippen molar-refractivity contribution in [2.24, 2.45) is 5.92 Å². The predicted octanol–water partition coefficient (Wildman–Crippen LogP) is 3.98. The van der Waals surface area contributed by atoms with Crippen LogP contribution in [-0.4, -0.2) is 30.8 Å². The summed E-state index contributed by atoms with van der Waals surface area (Å²) >= 11 is 0. The van der Waals surface area contributed by atoms with Crippen LogP contribution in [0, 0.1) is 12.8 Å². The number of hydrogen-bond donors (Lipinski definition) is 1. The van der Waals surface area contributed by atoms with Crippen LogP contribution >= 0.6 is 0 Å². The Morgan fingerprint density at radius 3 is 2.65 bits per heavy atom. The number of nitrogens with one attached hydrogen (secondary N) is 1. The van der Waals surface area contributed by atoms with Gasteiger partial charge < -0.3 is 5.32 Å². The Balaban J connectivity index is 1.92. The molecular formula is C20H27N3O2S. The van der Waals surface area contributed by atoms with Crippen molar-refractivity contribution in [3.8, 4) is 0 Å². The van der Waals surface area contributed by atoms with E-state index in [1.807, 2.05) is 31.2 Å². The Hall–Kier alpha value is -1.92. The van der Waals surface area contributed by atoms with Crippen LogP contribution in [0.25, 0.3) is 0 Å². The van der Waals surface area contributed by atoms with Crippen LogP contribution in [0.3, 0.4) is 0 Å². The van der Waals surface area contributed by atoms with Crippen molar-refractivity contribution in [1.29, 1.82) is 0 Å². The number of benzene rings is 1. The number of aromatic nitrogens is 1. The topological polar surface area (TPSA) is 62.3 Å². The highest BCUT2D eigenvalue weighted by atomic mass is 32.2. The van der Waals surface area contributed by atoms with Crippen molar-refractivity contribution in [3.05, 3.63) is 53.7 Å². The summed E-state index contributed by atoms with van der Waals surface area (Å²) in [7, 11) is -3.52. The molecule has 0 saturated carbocycles. The highest BCUT2D eigenvalue weighted by molar-refractivity contribution is 7.89. The lowest BCUT2D eigenvalue weighted by Gasteiger charge is -2.26. The van der Waals surface area contributed by atoms with Crippen molar-refractivity contribution in [3.63, 3.8) is 0 Å². The summed E-state index contributed by atoms with van der Waals surface area (Å²) in [6, 6.07) is 10.8. The van der Waals surface area contributed by atoms with Crippen molar-refractivity contribution in [2.75, 3.05) is 18.4 Å². The van der Waals surface area contributed by atoms with E-state index in [-0.39, 0.29) is 6.04 Å². The minimum atomic E-state index is -3.52. The number of hydrogen-bond acceptors (Lipinski definition) is 4. The molecule has 0 radical (unpaired) electrons. The van der Waals surface area contributed by atoms with E-state index < -0.39 is 10.0 Å². The fraction of sp³-hybridized carbons (Fsp3) is 0.450. The van der Waals surface area contributed by atoms with Crippen molar-refractivity contribution in [2.45, 2.75) is 44.6 Å². The summed E-state index contributed by atoms with van der Waals surface area (Å²) in [4.78, 5) is 4.82. The van der Waals surface area contributed by atoms with Gasteiger partial charge in [0.1, 0.15) is 5.82 Å². The molecule has 6 heteroatoms. The van der Waals surface area contributed by atoms with Crippen molar-refractivity contribution < 1.29 is 8.42 Å². The standard InChI is InChI=1S/C20H27N3O2S/c1-15(2)14-22-20-18(6-4-12-21-20)19-7-5-13-23(19)26(24,25)17-10-8-16(3)9-11-17/h4,6,8-12,15,19H,5,7,13-14H2,1-3H3,(H,21,22)/t19-/m1/s1. The monoisotopic (exact) mass is 373 g/mol. The molecule has 0 spiro atoms. The van der Waals surface area contributed by atoms with Crippen LogP contribution in [0.1, 0.15) is 43.9 Å². The molecule has 1 aliphatic heterocycles. The Morgan fingerprint density at radius 1 is 1.23 bits per heavy atom. The Kier molecular flexibility index (Phi) is 5.63. The average molecular weight is 374 g/mol. The second-order valence-electron chi connectivity index (χ2n) is 7.30. The molecule has 140 valence electrons. The number of sulfonamides is 1. The molecule has 5 nitrogen and oxygen atoms in total. The molecule has 0 unspecified atom stereocenters. The first-order valence-corrected chi connectivity index (χ1v) is 10.6. The highest BCUT2D eigenvalue weighted by Crippen LogP contribution is 2.38. The van der Waals surface area contributed by atoms with Gasteiger partial charge in [-0.25, -0.2) is 13.4 Å². The van der Waals surface area contributed by atoms with Gasteiger partial charge in [0.05, 0.1) is 10.9 Å². The lowest BCUT2D eigenvalue weighted by Crippen LogP contribution is -2.31. The van der Waals surface area contributed by atoms with Gasteiger partial charge in [0.2, 0.25) is 10.0 Å². The van der Waals surface area contributed by atoms with Gasteiger partial charge in [-0.3, -0.25) is 0 Å². The summed E-state index contributed by atoms with van der Waals surface area (Å²) in [5, 5.41) is 3.38. The third kappa shape index (κ3) is 3.91. The SMILES string of the molecule is Cc1ccc(S(=O)(=O)N2CCC[C@@H]2c2cccnc2NCC(C)C)cc1. The van der Waals surface area contributed by atoms with Crippen LogP contribution in [0.5, 0.6) is 0 Å². The lowest BCUT2D eigenvalue weighted by atomic mass is 10.1. The van der Waals surface area contributed by atoms with Gasteiger partial charge >= 0.3 is 0 Å². The quantitative estimate of drug-likeness (QED) is 0.832. The summed E-state index contributed by atoms with van der Waals surface area (Å²) in [6.45, 7) is 7.58. The fourth-order valence-electron chi connectivity index (χ4n) is 3.32. The average Bonchev–Trinajstić information content (AvgIpc) is 3.11. The molecule has 1 atom stereocenters. The van der Waals surface area contributed by atoms with Gasteiger partial charge in [0, 0.05) is 24.8 Å². The van der Waals surface area contributed by atoms with Crippen LogP contribution < -0.4 is 5.32 Å². The summed E-state index contributed by atoms with van der Waals surface area (Å²) < 4.78 is 28.0. The van der Waals surface area contributed by atoms with E-state index in [0.29, 0.717) is 17.4 Å². The first-order valence-electron chi connectivity index (χ1n) is 9.17. The molecule has 1 saturated heterocycles. The Labute approximate surface area is 156 Å². The first kappa shape index (κ1) is 18.9. The van der Waals surface area contributed by atoms with E-state index in [1.165, 1.54) is 0 Å². The maximum absolute atomic E-state index is 13.2. The number of rotatable bonds is 6. The van der Waals surface area contributed by atoms with E-state index in [2.05, 4.69) is 24.1 Å². The highest BCUT2D eigenvalue weighted by Gasteiger charge is 2.37. The second kappa shape index (κ2) is 7.76. The van der Waals surface area contributed by atoms with Crippen LogP contribution in [0.4, 0.5) is 5.82 Å². The van der Waals surface area contributed by atoms with Gasteiger partial charge in [-0.05, 0) is 43.9 Å². The van der Waals surface area contributed by atoms with E-state index in [0.717, 1.165) is 36.3 Å². The molecular weight excluding hydrogens is 346 g/mol. The van der Waals surface area contributed by atoms with Crippen LogP contribution in [-0.2, 0) is 10.0 Å². The summed E-state index contributed by atoms with van der Waals surface area (Å²) in [6.07, 6.45) is 3.42. The number of pyridine rings is 1. The van der Waals surface area contributed by atoms with Crippen molar-refractivity contribution in [1.82, 2.24) is 9.29 Å². The number of aryl methyl sites for hydroxylation is 1. The molecule has 1 aromatic carbocycles. The fourth-order valence-corrected chi connectivity index (χ4v) is 4.99. The number of nitrogens with zero attached hydrogens (tertiary/aromatic N) is 2. The van der Waals surface area contributed by atoms with Gasteiger partial charge in [-0.1, -0.05) is 37.6 Å². The molecule has 0 aliphatic carbocycles. The maximum atomic E-state index is 13.2. The van der Waals surface area contributed by atoms with E-state index in [4.69, 9.17) is 0 Å². The Morgan fingerprint density at radius 2 is 1.96 bits per heavy atom. The Bertz CT molecular complexity index is 848. The summed E-state index contributed by atoms with van der Waals surface area (Å²) in [5.41, 5.74) is 2.01. The molecule has 0 amide bonds. The van der Waals surface area contributed by atoms with Gasteiger partial charge in [-0.2, -0.15) is 4.31 Å². The molecule has 1 fully saturated rings. The smallest absolute Gasteiger partial charge is 0.243 e. The lowest BCUT2D eigenvalue weighted by molar-refractivity contribution is 0.396. The van der Waals surface area contributed by atoms with Crippen molar-refractivity contribution >= 4 is 15.8 Å². The normalized spacial score (nSPS) is 18.4. The molecule has 1 aromatic heterocycles. The largest absolute Gasteiger partial charge is 0.370 e. The molecule has 3 rings (SSSR count). The molecule has 1 aliphatic rings. The first-order chi connectivity index (χ1) is 12.4. The van der Waals surface area contributed by atoms with Crippen LogP contribution in [0.15, 0.2) is 47.5 Å². The van der Waals surface area contributed by atoms with Gasteiger partial charge in [0.15, 0.2) is 0 Å². The number of anilines is 1. The van der Waals surface area contributed by atoms with E-state index >= 15 is 0 Å². The molecule has 26 heavy (non-hydrogen) atoms. The molecule has 0 bridgehead atoms. The zero-order valence-corrected chi connectivity index (χ0v) is 16.5. The van der Waals surface area contributed by atoms with Gasteiger partial charge in [0.25, 0.3) is 0 Å². The molecule has 2 aromatic rings. The predicted molar refractivity (Wildman–Crippen MR) is 105 cm³/mol. The zero-order valence-electron chi connectivity index (χ0n) is 15.6. The minimum absolute atomic E-state index is 0.176. The van der Waals surface area contributed by atoms with E-state index in [9.17, 15) is 8.42 Å². The zero-order chi connectivity index (χ0) is 18.7. The third-order valence-electron chi connectivity index (χ3n) is 4.71. The third-order valence-corrected chi connectivity index (χ3v) is 6.63. The maximum Gasteiger partial charge on any atom is 0.243 e.